The molecule has 2 aromatic heterocycles. The van der Waals surface area contributed by atoms with Gasteiger partial charge in [-0.3, -0.25) is 4.79 Å². The highest BCUT2D eigenvalue weighted by Crippen LogP contribution is 2.07. The van der Waals surface area contributed by atoms with Gasteiger partial charge in [0.1, 0.15) is 5.82 Å². The van der Waals surface area contributed by atoms with Crippen molar-refractivity contribution in [2.75, 3.05) is 11.9 Å². The van der Waals surface area contributed by atoms with Crippen LogP contribution in [0, 0.1) is 11.8 Å². The number of carbonyl (C=O) groups excluding carboxylic acids is 1. The molecular formula is C13H11N5O. The molecule has 0 unspecified atom stereocenters. The van der Waals surface area contributed by atoms with E-state index in [-0.39, 0.29) is 12.5 Å². The molecule has 1 amide bonds. The predicted octanol–water partition coefficient (Wildman–Crippen LogP) is 0.434. The molecule has 0 saturated carbocycles. The SMILES string of the molecule is NCC#Cc1ccnc(NC(=O)c2ccnnc2)c1. The van der Waals surface area contributed by atoms with Gasteiger partial charge in [0, 0.05) is 11.8 Å². The van der Waals surface area contributed by atoms with Gasteiger partial charge in [0.2, 0.25) is 0 Å². The number of pyridine rings is 1. The van der Waals surface area contributed by atoms with Gasteiger partial charge in [-0.25, -0.2) is 4.98 Å². The van der Waals surface area contributed by atoms with Gasteiger partial charge >= 0.3 is 0 Å². The Bertz CT molecular complexity index is 630. The van der Waals surface area contributed by atoms with Crippen molar-refractivity contribution in [2.24, 2.45) is 5.73 Å². The van der Waals surface area contributed by atoms with Crippen LogP contribution in [0.2, 0.25) is 0 Å². The lowest BCUT2D eigenvalue weighted by Gasteiger charge is -2.03. The van der Waals surface area contributed by atoms with Crippen molar-refractivity contribution < 1.29 is 4.79 Å². The smallest absolute Gasteiger partial charge is 0.258 e. The second-order valence-corrected chi connectivity index (χ2v) is 3.52. The summed E-state index contributed by atoms with van der Waals surface area (Å²) in [6, 6.07) is 4.99. The second-order valence-electron chi connectivity index (χ2n) is 3.52. The van der Waals surface area contributed by atoms with Crippen LogP contribution in [-0.4, -0.2) is 27.6 Å². The number of carbonyl (C=O) groups is 1. The molecule has 0 spiro atoms. The Morgan fingerprint density at radius 1 is 1.32 bits per heavy atom. The fourth-order valence-electron chi connectivity index (χ4n) is 1.34. The fraction of sp³-hybridized carbons (Fsp3) is 0.0769. The molecule has 0 fully saturated rings. The molecule has 6 nitrogen and oxygen atoms in total. The minimum Gasteiger partial charge on any atom is -0.320 e. The minimum atomic E-state index is -0.300. The molecule has 6 heteroatoms. The van der Waals surface area contributed by atoms with E-state index in [4.69, 9.17) is 5.73 Å². The largest absolute Gasteiger partial charge is 0.320 e. The molecule has 0 aliphatic carbocycles. The first kappa shape index (κ1) is 12.7. The van der Waals surface area contributed by atoms with Crippen molar-refractivity contribution in [3.8, 4) is 11.8 Å². The maximum atomic E-state index is 11.9. The van der Waals surface area contributed by atoms with Crippen molar-refractivity contribution in [3.05, 3.63) is 47.9 Å². The third kappa shape index (κ3) is 3.59. The number of nitrogens with zero attached hydrogens (tertiary/aromatic N) is 3. The summed E-state index contributed by atoms with van der Waals surface area (Å²) < 4.78 is 0. The molecule has 0 atom stereocenters. The van der Waals surface area contributed by atoms with Gasteiger partial charge in [-0.15, -0.1) is 0 Å². The molecule has 2 aromatic rings. The fourth-order valence-corrected chi connectivity index (χ4v) is 1.34. The van der Waals surface area contributed by atoms with Gasteiger partial charge in [0.05, 0.1) is 24.5 Å². The average Bonchev–Trinajstić information content (AvgIpc) is 2.46. The van der Waals surface area contributed by atoms with Crippen LogP contribution in [0.3, 0.4) is 0 Å². The zero-order valence-electron chi connectivity index (χ0n) is 10.00. The zero-order valence-corrected chi connectivity index (χ0v) is 10.00. The molecule has 2 heterocycles. The van der Waals surface area contributed by atoms with E-state index in [1.807, 2.05) is 0 Å². The first-order chi connectivity index (χ1) is 9.29. The molecule has 3 N–H and O–H groups in total. The first-order valence-electron chi connectivity index (χ1n) is 5.52. The number of rotatable bonds is 2. The average molecular weight is 253 g/mol. The zero-order chi connectivity index (χ0) is 13.5. The van der Waals surface area contributed by atoms with Crippen molar-refractivity contribution in [2.45, 2.75) is 0 Å². The predicted molar refractivity (Wildman–Crippen MR) is 70.2 cm³/mol. The number of nitrogens with two attached hydrogens (primary N) is 1. The number of hydrogen-bond acceptors (Lipinski definition) is 5. The summed E-state index contributed by atoms with van der Waals surface area (Å²) in [6.45, 7) is 0.284. The number of aromatic nitrogens is 3. The van der Waals surface area contributed by atoms with Crippen LogP contribution in [0.5, 0.6) is 0 Å². The number of hydrogen-bond donors (Lipinski definition) is 2. The molecule has 0 radical (unpaired) electrons. The highest BCUT2D eigenvalue weighted by molar-refractivity contribution is 6.03. The number of nitrogens with one attached hydrogen (secondary N) is 1. The molecule has 94 valence electrons. The van der Waals surface area contributed by atoms with E-state index in [0.29, 0.717) is 11.4 Å². The van der Waals surface area contributed by atoms with E-state index < -0.39 is 0 Å². The van der Waals surface area contributed by atoms with Gasteiger partial charge in [-0.05, 0) is 18.2 Å². The van der Waals surface area contributed by atoms with Gasteiger partial charge < -0.3 is 11.1 Å². The van der Waals surface area contributed by atoms with Gasteiger partial charge in [0.15, 0.2) is 0 Å². The van der Waals surface area contributed by atoms with E-state index in [1.165, 1.54) is 12.4 Å². The Balaban J connectivity index is 2.13. The topological polar surface area (TPSA) is 93.8 Å². The molecule has 0 aliphatic heterocycles. The lowest BCUT2D eigenvalue weighted by atomic mass is 10.2. The Morgan fingerprint density at radius 3 is 2.95 bits per heavy atom. The van der Waals surface area contributed by atoms with Crippen molar-refractivity contribution in [3.63, 3.8) is 0 Å². The summed E-state index contributed by atoms with van der Waals surface area (Å²) in [5, 5.41) is 9.90. The Labute approximate surface area is 110 Å². The van der Waals surface area contributed by atoms with E-state index in [0.717, 1.165) is 5.56 Å². The highest BCUT2D eigenvalue weighted by Gasteiger charge is 2.06. The molecule has 0 aromatic carbocycles. The van der Waals surface area contributed by atoms with Crippen LogP contribution in [0.25, 0.3) is 0 Å². The molecule has 0 aliphatic rings. The summed E-state index contributed by atoms with van der Waals surface area (Å²) in [4.78, 5) is 15.9. The maximum Gasteiger partial charge on any atom is 0.258 e. The molecule has 0 saturated heterocycles. The van der Waals surface area contributed by atoms with Crippen molar-refractivity contribution in [1.29, 1.82) is 0 Å². The minimum absolute atomic E-state index is 0.284. The maximum absolute atomic E-state index is 11.9. The normalized spacial score (nSPS) is 9.32. The van der Waals surface area contributed by atoms with Crippen molar-refractivity contribution >= 4 is 11.7 Å². The third-order valence-electron chi connectivity index (χ3n) is 2.18. The van der Waals surface area contributed by atoms with E-state index >= 15 is 0 Å². The van der Waals surface area contributed by atoms with Crippen LogP contribution < -0.4 is 11.1 Å². The summed E-state index contributed by atoms with van der Waals surface area (Å²) in [5.74, 6) is 5.73. The molecule has 19 heavy (non-hydrogen) atoms. The van der Waals surface area contributed by atoms with Gasteiger partial charge in [-0.2, -0.15) is 10.2 Å². The number of anilines is 1. The van der Waals surface area contributed by atoms with Gasteiger partial charge in [-0.1, -0.05) is 11.8 Å². The first-order valence-corrected chi connectivity index (χ1v) is 5.52. The van der Waals surface area contributed by atoms with E-state index in [1.54, 1.807) is 24.4 Å². The van der Waals surface area contributed by atoms with Crippen molar-refractivity contribution in [1.82, 2.24) is 15.2 Å². The molecule has 0 bridgehead atoms. The van der Waals surface area contributed by atoms with Crippen LogP contribution >= 0.6 is 0 Å². The van der Waals surface area contributed by atoms with E-state index in [2.05, 4.69) is 32.3 Å². The summed E-state index contributed by atoms with van der Waals surface area (Å²) >= 11 is 0. The summed E-state index contributed by atoms with van der Waals surface area (Å²) in [6.07, 6.45) is 4.40. The Hall–Kier alpha value is -2.78. The van der Waals surface area contributed by atoms with Crippen LogP contribution in [0.1, 0.15) is 15.9 Å². The molecular weight excluding hydrogens is 242 g/mol. The lowest BCUT2D eigenvalue weighted by Crippen LogP contribution is -2.13. The Morgan fingerprint density at radius 2 is 2.21 bits per heavy atom. The van der Waals surface area contributed by atoms with Crippen LogP contribution in [0.15, 0.2) is 36.8 Å². The van der Waals surface area contributed by atoms with Crippen LogP contribution in [0.4, 0.5) is 5.82 Å². The standard InChI is InChI=1S/C13H11N5O/c14-5-1-2-10-3-6-15-12(8-10)18-13(19)11-4-7-16-17-9-11/h3-4,6-9H,5,14H2,(H,15,18,19). The van der Waals surface area contributed by atoms with E-state index in [9.17, 15) is 4.79 Å². The number of amides is 1. The highest BCUT2D eigenvalue weighted by atomic mass is 16.1. The lowest BCUT2D eigenvalue weighted by molar-refractivity contribution is 0.102. The second kappa shape index (κ2) is 6.23. The Kier molecular flexibility index (Phi) is 4.16. The third-order valence-corrected chi connectivity index (χ3v) is 2.18. The monoisotopic (exact) mass is 253 g/mol. The van der Waals surface area contributed by atoms with Crippen LogP contribution in [-0.2, 0) is 0 Å². The van der Waals surface area contributed by atoms with Gasteiger partial charge in [0.25, 0.3) is 5.91 Å². The quantitative estimate of drug-likeness (QED) is 0.757. The summed E-state index contributed by atoms with van der Waals surface area (Å²) in [7, 11) is 0. The summed E-state index contributed by atoms with van der Waals surface area (Å²) in [5.41, 5.74) is 6.45. The molecule has 2 rings (SSSR count).